The molecule has 1 unspecified atom stereocenters. The molecule has 3 aliphatic carbocycles. The number of thiophene rings is 1. The van der Waals surface area contributed by atoms with Crippen LogP contribution in [0.15, 0.2) is 224 Å². The molecule has 11 aromatic rings. The average molecular weight is 858 g/mol. The first kappa shape index (κ1) is 37.6. The van der Waals surface area contributed by atoms with E-state index < -0.39 is 5.41 Å². The topological polar surface area (TPSA) is 3.24 Å². The smallest absolute Gasteiger partial charge is 0.0726 e. The van der Waals surface area contributed by atoms with E-state index in [1.807, 2.05) is 11.3 Å². The fraction of sp³-hybridized carbons (Fsp3) is 0.0625. The molecule has 1 aromatic heterocycles. The molecule has 0 saturated carbocycles. The third-order valence-electron chi connectivity index (χ3n) is 15.1. The lowest BCUT2D eigenvalue weighted by Gasteiger charge is -2.33. The predicted molar refractivity (Wildman–Crippen MR) is 279 cm³/mol. The Morgan fingerprint density at radius 3 is 1.65 bits per heavy atom. The van der Waals surface area contributed by atoms with E-state index in [9.17, 15) is 0 Å². The number of hydrogen-bond donors (Lipinski definition) is 0. The van der Waals surface area contributed by atoms with Crippen LogP contribution < -0.4 is 4.90 Å². The second-order valence-corrected chi connectivity index (χ2v) is 19.8. The number of nitrogens with zero attached hydrogens (tertiary/aromatic N) is 1. The molecule has 0 amide bonds. The molecule has 1 nitrogen and oxygen atoms in total. The molecule has 0 saturated heterocycles. The van der Waals surface area contributed by atoms with E-state index in [1.165, 1.54) is 109 Å². The van der Waals surface area contributed by atoms with Crippen LogP contribution in [0.4, 0.5) is 17.1 Å². The van der Waals surface area contributed by atoms with Gasteiger partial charge in [0.25, 0.3) is 0 Å². The summed E-state index contributed by atoms with van der Waals surface area (Å²) >= 11 is 1.90. The SMILES string of the molecule is CC1(C)c2ccccc2-c2ccc(N(c3ccc4c(c3)C3(c5ccccc5-4)c4ccccc4-c4c3ccc3sc5ccccc5c43)c3ccc(-c4ccccc4)cc3-c3ccccc3)cc21. The summed E-state index contributed by atoms with van der Waals surface area (Å²) < 4.78 is 2.67. The van der Waals surface area contributed by atoms with E-state index >= 15 is 0 Å². The van der Waals surface area contributed by atoms with Crippen molar-refractivity contribution in [3.8, 4) is 55.6 Å². The summed E-state index contributed by atoms with van der Waals surface area (Å²) in [5.74, 6) is 0. The Labute approximate surface area is 389 Å². The van der Waals surface area contributed by atoms with Gasteiger partial charge >= 0.3 is 0 Å². The molecule has 2 heteroatoms. The molecule has 0 N–H and O–H groups in total. The number of benzene rings is 10. The quantitative estimate of drug-likeness (QED) is 0.167. The highest BCUT2D eigenvalue weighted by atomic mass is 32.1. The minimum atomic E-state index is -0.516. The van der Waals surface area contributed by atoms with Crippen LogP contribution in [0.1, 0.15) is 47.2 Å². The molecule has 0 fully saturated rings. The molecule has 0 radical (unpaired) electrons. The Kier molecular flexibility index (Phi) is 7.89. The van der Waals surface area contributed by atoms with Crippen molar-refractivity contribution >= 4 is 48.6 Å². The van der Waals surface area contributed by atoms with E-state index in [4.69, 9.17) is 0 Å². The minimum absolute atomic E-state index is 0.162. The van der Waals surface area contributed by atoms with E-state index in [2.05, 4.69) is 243 Å². The molecule has 0 aliphatic heterocycles. The summed E-state index contributed by atoms with van der Waals surface area (Å²) in [6.07, 6.45) is 0. The average Bonchev–Trinajstić information content (AvgIpc) is 4.06. The van der Waals surface area contributed by atoms with Crippen LogP contribution in [0.25, 0.3) is 75.8 Å². The van der Waals surface area contributed by atoms with Gasteiger partial charge in [0.05, 0.1) is 11.1 Å². The van der Waals surface area contributed by atoms with Gasteiger partial charge in [-0.25, -0.2) is 0 Å². The molecular formula is C64H43NS. The molecule has 10 aromatic carbocycles. The maximum absolute atomic E-state index is 2.55. The van der Waals surface area contributed by atoms with Gasteiger partial charge in [-0.1, -0.05) is 190 Å². The van der Waals surface area contributed by atoms with Crippen molar-refractivity contribution in [1.29, 1.82) is 0 Å². The Morgan fingerprint density at radius 2 is 0.909 bits per heavy atom. The Bertz CT molecular complexity index is 3800. The highest BCUT2D eigenvalue weighted by molar-refractivity contribution is 7.26. The summed E-state index contributed by atoms with van der Waals surface area (Å²) in [7, 11) is 0. The number of fused-ring (bicyclic) bond motifs is 17. The maximum Gasteiger partial charge on any atom is 0.0726 e. The zero-order chi connectivity index (χ0) is 43.7. The summed E-state index contributed by atoms with van der Waals surface area (Å²) in [5, 5.41) is 2.70. The van der Waals surface area contributed by atoms with E-state index in [0.717, 1.165) is 17.1 Å². The van der Waals surface area contributed by atoms with Crippen molar-refractivity contribution in [2.45, 2.75) is 24.7 Å². The van der Waals surface area contributed by atoms with Crippen LogP contribution in [0.2, 0.25) is 0 Å². The van der Waals surface area contributed by atoms with E-state index in [0.29, 0.717) is 0 Å². The van der Waals surface area contributed by atoms with Gasteiger partial charge in [-0.15, -0.1) is 11.3 Å². The zero-order valence-electron chi connectivity index (χ0n) is 36.7. The summed E-state index contributed by atoms with van der Waals surface area (Å²) in [5.41, 5.74) is 23.6. The molecule has 3 aliphatic rings. The van der Waals surface area contributed by atoms with Gasteiger partial charge in [-0.3, -0.25) is 0 Å². The van der Waals surface area contributed by atoms with Crippen LogP contribution in [-0.4, -0.2) is 0 Å². The lowest BCUT2D eigenvalue weighted by Crippen LogP contribution is -2.26. The van der Waals surface area contributed by atoms with Crippen molar-refractivity contribution in [1.82, 2.24) is 0 Å². The molecule has 1 heterocycles. The number of rotatable bonds is 5. The lowest BCUT2D eigenvalue weighted by molar-refractivity contribution is 0.660. The molecule has 0 bridgehead atoms. The van der Waals surface area contributed by atoms with Crippen LogP contribution in [0.5, 0.6) is 0 Å². The second-order valence-electron chi connectivity index (χ2n) is 18.7. The first-order valence-electron chi connectivity index (χ1n) is 23.1. The summed E-state index contributed by atoms with van der Waals surface area (Å²) in [4.78, 5) is 2.55. The molecule has 310 valence electrons. The van der Waals surface area contributed by atoms with E-state index in [1.54, 1.807) is 0 Å². The molecule has 1 spiro atoms. The monoisotopic (exact) mass is 857 g/mol. The van der Waals surface area contributed by atoms with Crippen molar-refractivity contribution < 1.29 is 0 Å². The third kappa shape index (κ3) is 5.05. The van der Waals surface area contributed by atoms with Gasteiger partial charge in [-0.2, -0.15) is 0 Å². The standard InChI is InChI=1S/C64H43NS/c1-63(2)52-25-13-9-21-45(52)47-32-30-43(38-56(47)63)65(58-35-29-42(40-17-5-3-6-18-40)37-51(58)41-19-7-4-8-20-41)44-31-33-48-46-22-10-14-26-53(46)64(57(48)39-44)54-27-15-11-23-49(54)61-55(64)34-36-60-62(61)50-24-12-16-28-59(50)66-60/h3-39H,1-2H3. The zero-order valence-corrected chi connectivity index (χ0v) is 37.5. The Hall–Kier alpha value is -7.78. The maximum atomic E-state index is 2.55. The van der Waals surface area contributed by atoms with Crippen LogP contribution in [0, 0.1) is 0 Å². The van der Waals surface area contributed by atoms with Gasteiger partial charge < -0.3 is 4.90 Å². The first-order chi connectivity index (χ1) is 32.5. The van der Waals surface area contributed by atoms with Gasteiger partial charge in [-0.05, 0) is 132 Å². The third-order valence-corrected chi connectivity index (χ3v) is 16.2. The minimum Gasteiger partial charge on any atom is -0.310 e. The Balaban J connectivity index is 1.06. The fourth-order valence-electron chi connectivity index (χ4n) is 12.2. The van der Waals surface area contributed by atoms with Crippen LogP contribution in [0.3, 0.4) is 0 Å². The largest absolute Gasteiger partial charge is 0.310 e. The summed E-state index contributed by atoms with van der Waals surface area (Å²) in [6.45, 7) is 4.77. The fourth-order valence-corrected chi connectivity index (χ4v) is 13.3. The predicted octanol–water partition coefficient (Wildman–Crippen LogP) is 17.5. The second kappa shape index (κ2) is 13.9. The highest BCUT2D eigenvalue weighted by Crippen LogP contribution is 2.65. The Morgan fingerprint density at radius 1 is 0.348 bits per heavy atom. The normalized spacial score (nSPS) is 15.6. The van der Waals surface area contributed by atoms with Gasteiger partial charge in [0.15, 0.2) is 0 Å². The van der Waals surface area contributed by atoms with Crippen molar-refractivity contribution in [2.24, 2.45) is 0 Å². The number of anilines is 3. The summed E-state index contributed by atoms with van der Waals surface area (Å²) in [6, 6.07) is 84.5. The van der Waals surface area contributed by atoms with Gasteiger partial charge in [0.2, 0.25) is 0 Å². The molecule has 1 atom stereocenters. The van der Waals surface area contributed by atoms with Crippen LogP contribution >= 0.6 is 11.3 Å². The van der Waals surface area contributed by atoms with Crippen molar-refractivity contribution in [3.63, 3.8) is 0 Å². The van der Waals surface area contributed by atoms with Crippen molar-refractivity contribution in [2.75, 3.05) is 4.90 Å². The van der Waals surface area contributed by atoms with E-state index in [-0.39, 0.29) is 5.41 Å². The molecular weight excluding hydrogens is 815 g/mol. The van der Waals surface area contributed by atoms with Gasteiger partial charge in [0.1, 0.15) is 0 Å². The molecule has 66 heavy (non-hydrogen) atoms. The van der Waals surface area contributed by atoms with Gasteiger partial charge in [0, 0.05) is 42.5 Å². The highest BCUT2D eigenvalue weighted by Gasteiger charge is 2.52. The van der Waals surface area contributed by atoms with Crippen LogP contribution in [-0.2, 0) is 10.8 Å². The first-order valence-corrected chi connectivity index (χ1v) is 23.9. The number of hydrogen-bond acceptors (Lipinski definition) is 2. The molecule has 14 rings (SSSR count). The lowest BCUT2D eigenvalue weighted by atomic mass is 9.70. The van der Waals surface area contributed by atoms with Crippen molar-refractivity contribution in [3.05, 3.63) is 258 Å².